The summed E-state index contributed by atoms with van der Waals surface area (Å²) in [7, 11) is 0. The van der Waals surface area contributed by atoms with Gasteiger partial charge in [0.2, 0.25) is 0 Å². The van der Waals surface area contributed by atoms with Crippen molar-refractivity contribution >= 4 is 60.8 Å². The van der Waals surface area contributed by atoms with Gasteiger partial charge in [0.1, 0.15) is 11.2 Å². The molecule has 0 spiro atoms. The van der Waals surface area contributed by atoms with Crippen LogP contribution in [0.3, 0.4) is 0 Å². The van der Waals surface area contributed by atoms with Gasteiger partial charge in [-0.25, -0.2) is 0 Å². The summed E-state index contributed by atoms with van der Waals surface area (Å²) >= 11 is 0. The second-order valence-corrected chi connectivity index (χ2v) is 16.1. The van der Waals surface area contributed by atoms with Gasteiger partial charge in [0.25, 0.3) is 0 Å². The molecular weight excluding hydrogens is 765 g/mol. The molecule has 12 aromatic rings. The van der Waals surface area contributed by atoms with Crippen molar-refractivity contribution in [3.63, 3.8) is 0 Å². The second-order valence-electron chi connectivity index (χ2n) is 16.1. The Kier molecular flexibility index (Phi) is 8.83. The quantitative estimate of drug-likeness (QED) is 0.153. The molecule has 2 heterocycles. The van der Waals surface area contributed by atoms with E-state index >= 15 is 0 Å². The number of anilines is 3. The number of rotatable bonds is 8. The zero-order valence-electron chi connectivity index (χ0n) is 34.4. The Morgan fingerprint density at radius 2 is 0.810 bits per heavy atom. The Morgan fingerprint density at radius 1 is 0.317 bits per heavy atom. The molecule has 2 aromatic heterocycles. The van der Waals surface area contributed by atoms with E-state index in [2.05, 4.69) is 240 Å². The third kappa shape index (κ3) is 6.38. The molecule has 0 aliphatic carbocycles. The first kappa shape index (κ1) is 36.5. The van der Waals surface area contributed by atoms with Crippen LogP contribution in [0.1, 0.15) is 0 Å². The monoisotopic (exact) mass is 804 g/mol. The minimum absolute atomic E-state index is 0.896. The van der Waals surface area contributed by atoms with E-state index in [1.807, 2.05) is 12.1 Å². The first-order chi connectivity index (χ1) is 31.2. The van der Waals surface area contributed by atoms with Crippen LogP contribution in [0, 0.1) is 0 Å². The Labute approximate surface area is 366 Å². The summed E-state index contributed by atoms with van der Waals surface area (Å²) in [6.45, 7) is 0. The van der Waals surface area contributed by atoms with Gasteiger partial charge in [-0.05, 0) is 112 Å². The van der Waals surface area contributed by atoms with Crippen LogP contribution in [0.4, 0.5) is 17.1 Å². The fourth-order valence-electron chi connectivity index (χ4n) is 9.45. The largest absolute Gasteiger partial charge is 0.456 e. The molecule has 0 aliphatic heterocycles. The summed E-state index contributed by atoms with van der Waals surface area (Å²) < 4.78 is 8.64. The van der Waals surface area contributed by atoms with E-state index in [1.165, 1.54) is 38.5 Å². The highest BCUT2D eigenvalue weighted by Gasteiger charge is 2.19. The van der Waals surface area contributed by atoms with Crippen LogP contribution < -0.4 is 4.90 Å². The maximum Gasteiger partial charge on any atom is 0.136 e. The van der Waals surface area contributed by atoms with E-state index in [-0.39, 0.29) is 0 Å². The molecule has 0 N–H and O–H groups in total. The Bertz CT molecular complexity index is 3550. The van der Waals surface area contributed by atoms with Crippen molar-refractivity contribution in [2.24, 2.45) is 0 Å². The second kappa shape index (κ2) is 15.3. The first-order valence-corrected chi connectivity index (χ1v) is 21.5. The molecular formula is C60H40N2O. The summed E-state index contributed by atoms with van der Waals surface area (Å²) in [4.78, 5) is 2.39. The third-order valence-electron chi connectivity index (χ3n) is 12.4. The maximum atomic E-state index is 6.27. The van der Waals surface area contributed by atoms with Crippen LogP contribution in [-0.2, 0) is 0 Å². The van der Waals surface area contributed by atoms with Gasteiger partial charge in [0.15, 0.2) is 0 Å². The maximum absolute atomic E-state index is 6.27. The van der Waals surface area contributed by atoms with Gasteiger partial charge in [-0.1, -0.05) is 170 Å². The van der Waals surface area contributed by atoms with Gasteiger partial charge < -0.3 is 13.9 Å². The zero-order valence-corrected chi connectivity index (χ0v) is 34.4. The Balaban J connectivity index is 0.945. The minimum Gasteiger partial charge on any atom is -0.456 e. The molecule has 3 nitrogen and oxygen atoms in total. The van der Waals surface area contributed by atoms with Crippen LogP contribution in [0.25, 0.3) is 93.9 Å². The normalized spacial score (nSPS) is 11.5. The molecule has 0 radical (unpaired) electrons. The lowest BCUT2D eigenvalue weighted by molar-refractivity contribution is 0.669. The average Bonchev–Trinajstić information content (AvgIpc) is 3.91. The van der Waals surface area contributed by atoms with E-state index in [9.17, 15) is 0 Å². The highest BCUT2D eigenvalue weighted by molar-refractivity contribution is 6.12. The molecule has 0 aliphatic rings. The third-order valence-corrected chi connectivity index (χ3v) is 12.4. The van der Waals surface area contributed by atoms with Gasteiger partial charge >= 0.3 is 0 Å². The van der Waals surface area contributed by atoms with E-state index in [0.29, 0.717) is 0 Å². The van der Waals surface area contributed by atoms with Crippen LogP contribution in [0.5, 0.6) is 0 Å². The van der Waals surface area contributed by atoms with Crippen molar-refractivity contribution in [1.82, 2.24) is 4.57 Å². The predicted octanol–water partition coefficient (Wildman–Crippen LogP) is 16.8. The number of hydrogen-bond acceptors (Lipinski definition) is 2. The van der Waals surface area contributed by atoms with Crippen LogP contribution in [0.2, 0.25) is 0 Å². The standard InChI is InChI=1S/C60H40N2O/c1-2-14-41(15-3-1)45-16-12-17-46(40-45)50-18-4-8-23-55(50)61(48-38-32-44(33-39-48)51-22-13-27-59-60(51)54-21-7-11-26-58(54)63-59)47-34-28-42(29-35-47)43-30-36-49(37-31-43)62-56-24-9-5-19-52(56)53-20-6-10-25-57(53)62/h1-40H. The van der Waals surface area contributed by atoms with Crippen molar-refractivity contribution in [1.29, 1.82) is 0 Å². The van der Waals surface area contributed by atoms with E-state index in [4.69, 9.17) is 4.42 Å². The van der Waals surface area contributed by atoms with Crippen molar-refractivity contribution in [2.75, 3.05) is 4.90 Å². The molecule has 3 heteroatoms. The van der Waals surface area contributed by atoms with Gasteiger partial charge in [-0.2, -0.15) is 0 Å². The molecule has 0 saturated heterocycles. The van der Waals surface area contributed by atoms with Crippen LogP contribution in [-0.4, -0.2) is 4.57 Å². The number of nitrogens with zero attached hydrogens (tertiary/aromatic N) is 2. The van der Waals surface area contributed by atoms with E-state index < -0.39 is 0 Å². The molecule has 12 rings (SSSR count). The average molecular weight is 805 g/mol. The molecule has 0 atom stereocenters. The van der Waals surface area contributed by atoms with E-state index in [1.54, 1.807) is 0 Å². The number of hydrogen-bond donors (Lipinski definition) is 0. The molecule has 296 valence electrons. The summed E-state index contributed by atoms with van der Waals surface area (Å²) in [6.07, 6.45) is 0. The number of para-hydroxylation sites is 4. The highest BCUT2D eigenvalue weighted by atomic mass is 16.3. The SMILES string of the molecule is c1ccc(-c2cccc(-c3ccccc3N(c3ccc(-c4ccc(-n5c6ccccc6c6ccccc65)cc4)cc3)c3ccc(-c4cccc5oc6ccccc6c45)cc3)c2)cc1. The molecule has 0 fully saturated rings. The topological polar surface area (TPSA) is 21.3 Å². The lowest BCUT2D eigenvalue weighted by Crippen LogP contribution is -2.11. The highest BCUT2D eigenvalue weighted by Crippen LogP contribution is 2.44. The van der Waals surface area contributed by atoms with Gasteiger partial charge in [-0.15, -0.1) is 0 Å². The van der Waals surface area contributed by atoms with Gasteiger partial charge in [0, 0.05) is 44.2 Å². The fourth-order valence-corrected chi connectivity index (χ4v) is 9.45. The van der Waals surface area contributed by atoms with E-state index in [0.717, 1.165) is 72.5 Å². The molecule has 10 aromatic carbocycles. The van der Waals surface area contributed by atoms with Crippen molar-refractivity contribution in [2.45, 2.75) is 0 Å². The summed E-state index contributed by atoms with van der Waals surface area (Å²) in [5.74, 6) is 0. The molecule has 0 unspecified atom stereocenters. The number of fused-ring (bicyclic) bond motifs is 6. The number of furan rings is 1. The minimum atomic E-state index is 0.896. The van der Waals surface area contributed by atoms with Crippen molar-refractivity contribution < 1.29 is 4.42 Å². The fraction of sp³-hybridized carbons (Fsp3) is 0. The van der Waals surface area contributed by atoms with Crippen LogP contribution >= 0.6 is 0 Å². The smallest absolute Gasteiger partial charge is 0.136 e. The summed E-state index contributed by atoms with van der Waals surface area (Å²) in [5, 5.41) is 4.80. The molecule has 0 amide bonds. The summed E-state index contributed by atoms with van der Waals surface area (Å²) in [5.41, 5.74) is 17.9. The molecule has 63 heavy (non-hydrogen) atoms. The van der Waals surface area contributed by atoms with Crippen molar-refractivity contribution in [3.05, 3.63) is 243 Å². The van der Waals surface area contributed by atoms with Gasteiger partial charge in [-0.3, -0.25) is 0 Å². The summed E-state index contributed by atoms with van der Waals surface area (Å²) in [6, 6.07) is 87.1. The van der Waals surface area contributed by atoms with Crippen LogP contribution in [0.15, 0.2) is 247 Å². The van der Waals surface area contributed by atoms with Gasteiger partial charge in [0.05, 0.1) is 16.7 Å². The Morgan fingerprint density at radius 3 is 1.52 bits per heavy atom. The lowest BCUT2D eigenvalue weighted by atomic mass is 9.96. The predicted molar refractivity (Wildman–Crippen MR) is 264 cm³/mol. The van der Waals surface area contributed by atoms with Crippen molar-refractivity contribution in [3.8, 4) is 50.2 Å². The number of benzene rings is 10. The number of aromatic nitrogens is 1. The first-order valence-electron chi connectivity index (χ1n) is 21.5. The Hall–Kier alpha value is -8.40. The molecule has 0 bridgehead atoms. The zero-order chi connectivity index (χ0) is 41.7. The molecule has 0 saturated carbocycles. The lowest BCUT2D eigenvalue weighted by Gasteiger charge is -2.28.